The second-order valence-corrected chi connectivity index (χ2v) is 5.40. The van der Waals surface area contributed by atoms with Crippen molar-refractivity contribution in [2.24, 2.45) is 0 Å². The molecule has 0 amide bonds. The van der Waals surface area contributed by atoms with Crippen LogP contribution in [-0.4, -0.2) is 38.1 Å². The van der Waals surface area contributed by atoms with Gasteiger partial charge >= 0.3 is 5.97 Å². The highest BCUT2D eigenvalue weighted by molar-refractivity contribution is 5.88. The molecular weight excluding hydrogens is 308 g/mol. The molecule has 0 saturated heterocycles. The van der Waals surface area contributed by atoms with Crippen molar-refractivity contribution in [3.05, 3.63) is 47.5 Å². The van der Waals surface area contributed by atoms with Gasteiger partial charge in [-0.2, -0.15) is 0 Å². The van der Waals surface area contributed by atoms with E-state index >= 15 is 0 Å². The number of hydrogen-bond acceptors (Lipinski definition) is 7. The van der Waals surface area contributed by atoms with Crippen LogP contribution in [0.4, 0.5) is 11.5 Å². The zero-order valence-corrected chi connectivity index (χ0v) is 13.3. The van der Waals surface area contributed by atoms with Crippen molar-refractivity contribution in [3.63, 3.8) is 0 Å². The van der Waals surface area contributed by atoms with E-state index in [0.717, 1.165) is 5.69 Å². The van der Waals surface area contributed by atoms with Crippen molar-refractivity contribution < 1.29 is 9.90 Å². The van der Waals surface area contributed by atoms with Crippen LogP contribution in [-0.2, 0) is 6.54 Å². The highest BCUT2D eigenvalue weighted by Crippen LogP contribution is 2.18. The summed E-state index contributed by atoms with van der Waals surface area (Å²) >= 11 is 0. The minimum atomic E-state index is -0.949. The standard InChI is InChI=1S/C16H16N6O2/c1-9-19-14(17)13-15(20-9)18-7-11(21-13)8-22(2)12-5-3-10(4-6-12)16(23)24/h3-7H,8H2,1-2H3,(H,23,24)(H2,17,18,19,20). The molecular formula is C16H16N6O2. The van der Waals surface area contributed by atoms with Crippen LogP contribution in [0.1, 0.15) is 21.9 Å². The zero-order chi connectivity index (χ0) is 17.3. The van der Waals surface area contributed by atoms with E-state index in [1.54, 1.807) is 37.4 Å². The quantitative estimate of drug-likeness (QED) is 0.743. The van der Waals surface area contributed by atoms with Gasteiger partial charge in [-0.15, -0.1) is 0 Å². The second-order valence-electron chi connectivity index (χ2n) is 5.40. The Bertz CT molecular complexity index is 910. The van der Waals surface area contributed by atoms with Crippen LogP contribution < -0.4 is 10.6 Å². The number of nitrogens with zero attached hydrogens (tertiary/aromatic N) is 5. The number of anilines is 2. The lowest BCUT2D eigenvalue weighted by molar-refractivity contribution is 0.0697. The van der Waals surface area contributed by atoms with E-state index < -0.39 is 5.97 Å². The van der Waals surface area contributed by atoms with Crippen LogP contribution >= 0.6 is 0 Å². The third-order valence-electron chi connectivity index (χ3n) is 3.55. The van der Waals surface area contributed by atoms with E-state index in [0.29, 0.717) is 35.0 Å². The summed E-state index contributed by atoms with van der Waals surface area (Å²) in [4.78, 5) is 29.9. The Morgan fingerprint density at radius 1 is 1.21 bits per heavy atom. The molecule has 0 unspecified atom stereocenters. The molecule has 0 bridgehead atoms. The average molecular weight is 324 g/mol. The summed E-state index contributed by atoms with van der Waals surface area (Å²) in [5.41, 5.74) is 8.67. The number of aromatic carboxylic acids is 1. The predicted molar refractivity (Wildman–Crippen MR) is 89.8 cm³/mol. The largest absolute Gasteiger partial charge is 0.478 e. The first-order chi connectivity index (χ1) is 11.4. The zero-order valence-electron chi connectivity index (χ0n) is 13.3. The number of carbonyl (C=O) groups is 1. The van der Waals surface area contributed by atoms with Crippen LogP contribution in [0.25, 0.3) is 11.2 Å². The van der Waals surface area contributed by atoms with Gasteiger partial charge in [-0.25, -0.2) is 24.7 Å². The fourth-order valence-electron chi connectivity index (χ4n) is 2.35. The van der Waals surface area contributed by atoms with E-state index in [9.17, 15) is 4.79 Å². The Morgan fingerprint density at radius 3 is 2.58 bits per heavy atom. The number of aromatic nitrogens is 4. The van der Waals surface area contributed by atoms with Crippen molar-refractivity contribution in [2.75, 3.05) is 17.7 Å². The van der Waals surface area contributed by atoms with E-state index in [2.05, 4.69) is 19.9 Å². The summed E-state index contributed by atoms with van der Waals surface area (Å²) in [6.07, 6.45) is 1.65. The molecule has 24 heavy (non-hydrogen) atoms. The highest BCUT2D eigenvalue weighted by atomic mass is 16.4. The monoisotopic (exact) mass is 324 g/mol. The Kier molecular flexibility index (Phi) is 3.95. The Morgan fingerprint density at radius 2 is 1.92 bits per heavy atom. The lowest BCUT2D eigenvalue weighted by Gasteiger charge is -2.19. The number of hydrogen-bond donors (Lipinski definition) is 2. The first-order valence-corrected chi connectivity index (χ1v) is 7.24. The predicted octanol–water partition coefficient (Wildman–Crippen LogP) is 1.65. The third-order valence-corrected chi connectivity index (χ3v) is 3.55. The van der Waals surface area contributed by atoms with Gasteiger partial charge in [0.05, 0.1) is 24.0 Å². The molecule has 0 atom stereocenters. The lowest BCUT2D eigenvalue weighted by atomic mass is 10.2. The van der Waals surface area contributed by atoms with E-state index in [1.807, 2.05) is 11.9 Å². The van der Waals surface area contributed by atoms with Crippen molar-refractivity contribution in [3.8, 4) is 0 Å². The van der Waals surface area contributed by atoms with E-state index in [1.165, 1.54) is 0 Å². The molecule has 2 heterocycles. The Balaban J connectivity index is 1.84. The number of fused-ring (bicyclic) bond motifs is 1. The van der Waals surface area contributed by atoms with Crippen LogP contribution in [0.5, 0.6) is 0 Å². The Labute approximate surface area is 138 Å². The van der Waals surface area contributed by atoms with Crippen LogP contribution in [0.15, 0.2) is 30.5 Å². The van der Waals surface area contributed by atoms with E-state index in [4.69, 9.17) is 10.8 Å². The van der Waals surface area contributed by atoms with Gasteiger partial charge in [-0.05, 0) is 31.2 Å². The minimum Gasteiger partial charge on any atom is -0.478 e. The van der Waals surface area contributed by atoms with Crippen molar-refractivity contribution >= 4 is 28.6 Å². The number of benzene rings is 1. The maximum atomic E-state index is 10.9. The number of carboxylic acid groups (broad SMARTS) is 1. The molecule has 3 aromatic rings. The van der Waals surface area contributed by atoms with Gasteiger partial charge < -0.3 is 15.7 Å². The van der Waals surface area contributed by atoms with Crippen molar-refractivity contribution in [2.45, 2.75) is 13.5 Å². The molecule has 3 rings (SSSR count). The summed E-state index contributed by atoms with van der Waals surface area (Å²) in [5.74, 6) is -0.0895. The first kappa shape index (κ1) is 15.6. The molecule has 0 radical (unpaired) electrons. The normalized spacial score (nSPS) is 10.8. The molecule has 0 aliphatic rings. The molecule has 8 nitrogen and oxygen atoms in total. The van der Waals surface area contributed by atoms with Gasteiger partial charge in [-0.3, -0.25) is 0 Å². The molecule has 0 aliphatic carbocycles. The lowest BCUT2D eigenvalue weighted by Crippen LogP contribution is -2.18. The molecule has 1 aromatic carbocycles. The van der Waals surface area contributed by atoms with Crippen LogP contribution in [0.3, 0.4) is 0 Å². The average Bonchev–Trinajstić information content (AvgIpc) is 2.55. The summed E-state index contributed by atoms with van der Waals surface area (Å²) in [5, 5.41) is 8.94. The van der Waals surface area contributed by atoms with E-state index in [-0.39, 0.29) is 5.56 Å². The summed E-state index contributed by atoms with van der Waals surface area (Å²) < 4.78 is 0. The summed E-state index contributed by atoms with van der Waals surface area (Å²) in [7, 11) is 1.89. The van der Waals surface area contributed by atoms with Crippen LogP contribution in [0, 0.1) is 6.92 Å². The topological polar surface area (TPSA) is 118 Å². The number of nitrogen functional groups attached to an aromatic ring is 1. The van der Waals surface area contributed by atoms with Gasteiger partial charge in [0.1, 0.15) is 5.82 Å². The fourth-order valence-corrected chi connectivity index (χ4v) is 2.35. The SMILES string of the molecule is Cc1nc(N)c2nc(CN(C)c3ccc(C(=O)O)cc3)cnc2n1. The maximum Gasteiger partial charge on any atom is 0.335 e. The fraction of sp³-hybridized carbons (Fsp3) is 0.188. The van der Waals surface area contributed by atoms with Crippen LogP contribution in [0.2, 0.25) is 0 Å². The summed E-state index contributed by atoms with van der Waals surface area (Å²) in [6, 6.07) is 6.63. The van der Waals surface area contributed by atoms with Gasteiger partial charge in [0.25, 0.3) is 0 Å². The first-order valence-electron chi connectivity index (χ1n) is 7.24. The minimum absolute atomic E-state index is 0.248. The van der Waals surface area contributed by atoms with Gasteiger partial charge in [0, 0.05) is 12.7 Å². The van der Waals surface area contributed by atoms with Crippen molar-refractivity contribution in [1.82, 2.24) is 19.9 Å². The number of carboxylic acids is 1. The molecule has 8 heteroatoms. The molecule has 2 aromatic heterocycles. The molecule has 3 N–H and O–H groups in total. The van der Waals surface area contributed by atoms with Crippen molar-refractivity contribution in [1.29, 1.82) is 0 Å². The number of rotatable bonds is 4. The molecule has 0 saturated carbocycles. The number of nitrogens with two attached hydrogens (primary N) is 1. The maximum absolute atomic E-state index is 10.9. The molecule has 0 spiro atoms. The smallest absolute Gasteiger partial charge is 0.335 e. The molecule has 0 fully saturated rings. The van der Waals surface area contributed by atoms with Gasteiger partial charge in [-0.1, -0.05) is 0 Å². The number of aryl methyl sites for hydroxylation is 1. The summed E-state index contributed by atoms with van der Waals surface area (Å²) in [6.45, 7) is 2.24. The Hall–Kier alpha value is -3.29. The second kappa shape index (κ2) is 6.07. The molecule has 0 aliphatic heterocycles. The molecule has 122 valence electrons. The highest BCUT2D eigenvalue weighted by Gasteiger charge is 2.10. The van der Waals surface area contributed by atoms with Gasteiger partial charge in [0.15, 0.2) is 17.0 Å². The third kappa shape index (κ3) is 3.07. The van der Waals surface area contributed by atoms with Gasteiger partial charge in [0.2, 0.25) is 0 Å².